The number of carbonyl (C=O) groups is 2. The topological polar surface area (TPSA) is 97.7 Å². The molecule has 10 heteroatoms. The second-order valence-corrected chi connectivity index (χ2v) is 8.36. The largest absolute Gasteiger partial charge is 0.349 e. The smallest absolute Gasteiger partial charge is 0.321 e. The number of hydrogen-bond acceptors (Lipinski definition) is 4. The fourth-order valence-electron chi connectivity index (χ4n) is 3.19. The fraction of sp³-hybridized carbons (Fsp3) is 0. The van der Waals surface area contributed by atoms with Crippen LogP contribution in [0.5, 0.6) is 0 Å². The number of nitrogens with zero attached hydrogens (tertiary/aromatic N) is 2. The van der Waals surface area contributed by atoms with E-state index in [1.165, 1.54) is 46.5 Å². The number of nitrogens with two attached hydrogens (primary N) is 1. The number of aromatic nitrogens is 2. The Hall–Kier alpha value is -3.49. The van der Waals surface area contributed by atoms with E-state index in [0.29, 0.717) is 16.9 Å². The summed E-state index contributed by atoms with van der Waals surface area (Å²) < 4.78 is 1.21. The summed E-state index contributed by atoms with van der Waals surface area (Å²) in [5, 5.41) is 4.83. The van der Waals surface area contributed by atoms with Crippen LogP contribution in [-0.4, -0.2) is 21.4 Å². The SMILES string of the molecule is O=C(Nc1cccnc1)c1ccc(Cl)c([NH2+]C(=O)c2ccc(=O)n(-c3c(Cl)cccc3Cl)c2)c1. The van der Waals surface area contributed by atoms with Crippen LogP contribution in [0.3, 0.4) is 0 Å². The monoisotopic (exact) mass is 513 g/mol. The van der Waals surface area contributed by atoms with Gasteiger partial charge in [0, 0.05) is 30.1 Å². The Balaban J connectivity index is 1.60. The molecule has 0 fully saturated rings. The minimum absolute atomic E-state index is 0.205. The van der Waals surface area contributed by atoms with Gasteiger partial charge in [0.2, 0.25) is 0 Å². The number of halogens is 3. The third-order valence-electron chi connectivity index (χ3n) is 4.84. The molecule has 4 rings (SSSR count). The van der Waals surface area contributed by atoms with Gasteiger partial charge in [-0.3, -0.25) is 19.1 Å². The van der Waals surface area contributed by atoms with Crippen molar-refractivity contribution in [3.63, 3.8) is 0 Å². The van der Waals surface area contributed by atoms with Gasteiger partial charge in [0.25, 0.3) is 11.5 Å². The summed E-state index contributed by atoms with van der Waals surface area (Å²) in [6.45, 7) is 0. The molecule has 2 heterocycles. The molecule has 0 bridgehead atoms. The number of hydrogen-bond donors (Lipinski definition) is 2. The molecule has 2 amide bonds. The molecule has 3 N–H and O–H groups in total. The van der Waals surface area contributed by atoms with Crippen molar-refractivity contribution in [2.45, 2.75) is 0 Å². The lowest BCUT2D eigenvalue weighted by molar-refractivity contribution is -0.463. The lowest BCUT2D eigenvalue weighted by Gasteiger charge is -2.11. The summed E-state index contributed by atoms with van der Waals surface area (Å²) in [4.78, 5) is 42.0. The van der Waals surface area contributed by atoms with E-state index >= 15 is 0 Å². The highest BCUT2D eigenvalue weighted by molar-refractivity contribution is 6.37. The van der Waals surface area contributed by atoms with Crippen molar-refractivity contribution in [1.82, 2.24) is 9.55 Å². The number of benzene rings is 2. The number of anilines is 1. The van der Waals surface area contributed by atoms with Crippen LogP contribution in [-0.2, 0) is 0 Å². The highest BCUT2D eigenvalue weighted by atomic mass is 35.5. The molecule has 2 aromatic carbocycles. The van der Waals surface area contributed by atoms with Crippen LogP contribution < -0.4 is 16.2 Å². The van der Waals surface area contributed by atoms with Gasteiger partial charge in [-0.05, 0) is 42.5 Å². The molecule has 170 valence electrons. The average molecular weight is 515 g/mol. The zero-order valence-corrected chi connectivity index (χ0v) is 19.6. The van der Waals surface area contributed by atoms with E-state index in [-0.39, 0.29) is 32.2 Å². The van der Waals surface area contributed by atoms with Crippen molar-refractivity contribution in [2.24, 2.45) is 0 Å². The van der Waals surface area contributed by atoms with Crippen LogP contribution in [0.4, 0.5) is 11.4 Å². The van der Waals surface area contributed by atoms with Crippen molar-refractivity contribution in [2.75, 3.05) is 5.32 Å². The maximum Gasteiger partial charge on any atom is 0.349 e. The second-order valence-electron chi connectivity index (χ2n) is 7.14. The molecule has 0 atom stereocenters. The van der Waals surface area contributed by atoms with Gasteiger partial charge >= 0.3 is 5.91 Å². The Labute approximate surface area is 208 Å². The Morgan fingerprint density at radius 1 is 0.882 bits per heavy atom. The van der Waals surface area contributed by atoms with Gasteiger partial charge in [0.1, 0.15) is 5.02 Å². The first-order valence-corrected chi connectivity index (χ1v) is 11.0. The predicted molar refractivity (Wildman–Crippen MR) is 132 cm³/mol. The third-order valence-corrected chi connectivity index (χ3v) is 5.79. The number of pyridine rings is 2. The molecule has 0 unspecified atom stereocenters. The predicted octanol–water partition coefficient (Wildman–Crippen LogP) is 4.48. The summed E-state index contributed by atoms with van der Waals surface area (Å²) in [7, 11) is 0. The van der Waals surface area contributed by atoms with E-state index in [2.05, 4.69) is 10.3 Å². The van der Waals surface area contributed by atoms with Gasteiger partial charge in [-0.25, -0.2) is 10.1 Å². The molecule has 0 aliphatic rings. The maximum atomic E-state index is 13.0. The van der Waals surface area contributed by atoms with Gasteiger partial charge in [-0.15, -0.1) is 0 Å². The average Bonchev–Trinajstić information content (AvgIpc) is 2.82. The molecule has 0 saturated carbocycles. The zero-order chi connectivity index (χ0) is 24.2. The van der Waals surface area contributed by atoms with Crippen molar-refractivity contribution < 1.29 is 14.9 Å². The molecule has 0 aliphatic carbocycles. The highest BCUT2D eigenvalue weighted by Gasteiger charge is 2.19. The van der Waals surface area contributed by atoms with E-state index in [9.17, 15) is 14.4 Å². The Morgan fingerprint density at radius 3 is 2.32 bits per heavy atom. The van der Waals surface area contributed by atoms with Crippen LogP contribution >= 0.6 is 34.8 Å². The van der Waals surface area contributed by atoms with Gasteiger partial charge in [-0.2, -0.15) is 0 Å². The van der Waals surface area contributed by atoms with Crippen LogP contribution in [0.2, 0.25) is 15.1 Å². The van der Waals surface area contributed by atoms with E-state index in [1.54, 1.807) is 42.6 Å². The van der Waals surface area contributed by atoms with Crippen molar-refractivity contribution >= 4 is 58.0 Å². The number of primary amides is 1. The molecule has 0 spiro atoms. The van der Waals surface area contributed by atoms with E-state index in [1.807, 2.05) is 0 Å². The molecule has 0 radical (unpaired) electrons. The Bertz CT molecular complexity index is 1440. The molecule has 4 aromatic rings. The third kappa shape index (κ3) is 5.18. The molecule has 0 aliphatic heterocycles. The van der Waals surface area contributed by atoms with Crippen LogP contribution in [0, 0.1) is 0 Å². The van der Waals surface area contributed by atoms with Crippen molar-refractivity contribution in [1.29, 1.82) is 0 Å². The number of quaternary nitrogens is 1. The first kappa shape index (κ1) is 23.7. The minimum Gasteiger partial charge on any atom is -0.321 e. The Kier molecular flexibility index (Phi) is 7.09. The van der Waals surface area contributed by atoms with Crippen LogP contribution in [0.15, 0.2) is 84.0 Å². The summed E-state index contributed by atoms with van der Waals surface area (Å²) in [6, 6.07) is 15.5. The fourth-order valence-corrected chi connectivity index (χ4v) is 3.94. The molecular weight excluding hydrogens is 499 g/mol. The molecule has 7 nitrogen and oxygen atoms in total. The molecule has 0 saturated heterocycles. The van der Waals surface area contributed by atoms with E-state index in [0.717, 1.165) is 0 Å². The summed E-state index contributed by atoms with van der Waals surface area (Å²) >= 11 is 18.7. The number of nitrogens with one attached hydrogen (secondary N) is 1. The van der Waals surface area contributed by atoms with Crippen molar-refractivity contribution in [3.8, 4) is 5.69 Å². The highest BCUT2D eigenvalue weighted by Crippen LogP contribution is 2.27. The molecular formula is C24H16Cl3N4O3+. The van der Waals surface area contributed by atoms with Gasteiger partial charge in [-0.1, -0.05) is 40.9 Å². The minimum atomic E-state index is -0.427. The molecule has 2 aromatic heterocycles. The summed E-state index contributed by atoms with van der Waals surface area (Å²) in [5.74, 6) is -0.808. The maximum absolute atomic E-state index is 13.0. The lowest BCUT2D eigenvalue weighted by Crippen LogP contribution is -2.82. The standard InChI is InChI=1S/C24H15Cl3N4O3/c25-17-8-6-14(23(33)29-16-3-2-10-28-12-16)11-20(17)30-24(34)15-7-9-21(32)31(13-15)22-18(26)4-1-5-19(22)27/h1-13H,(H,29,33)(H,30,34)/p+1. The van der Waals surface area contributed by atoms with Gasteiger partial charge < -0.3 is 5.32 Å². The summed E-state index contributed by atoms with van der Waals surface area (Å²) in [5.41, 5.74) is 1.26. The normalized spacial score (nSPS) is 10.7. The van der Waals surface area contributed by atoms with E-state index in [4.69, 9.17) is 34.8 Å². The number of para-hydroxylation sites is 1. The zero-order valence-electron chi connectivity index (χ0n) is 17.3. The van der Waals surface area contributed by atoms with E-state index < -0.39 is 11.5 Å². The number of carbonyl (C=O) groups excluding carboxylic acids is 2. The van der Waals surface area contributed by atoms with Crippen LogP contribution in [0.1, 0.15) is 20.7 Å². The summed E-state index contributed by atoms with van der Waals surface area (Å²) in [6.07, 6.45) is 4.48. The number of amides is 2. The molecule has 34 heavy (non-hydrogen) atoms. The van der Waals surface area contributed by atoms with Gasteiger partial charge in [0.15, 0.2) is 5.69 Å². The first-order valence-electron chi connectivity index (χ1n) is 9.90. The quantitative estimate of drug-likeness (QED) is 0.384. The second kappa shape index (κ2) is 10.2. The van der Waals surface area contributed by atoms with Crippen LogP contribution in [0.25, 0.3) is 5.69 Å². The lowest BCUT2D eigenvalue weighted by atomic mass is 10.1. The Morgan fingerprint density at radius 2 is 1.62 bits per heavy atom. The number of rotatable bonds is 5. The first-order chi connectivity index (χ1) is 16.3. The van der Waals surface area contributed by atoms with Gasteiger partial charge in [0.05, 0.1) is 33.2 Å². The van der Waals surface area contributed by atoms with Crippen molar-refractivity contribution in [3.05, 3.63) is 116 Å².